The Bertz CT molecular complexity index is 796. The SMILES string of the molecule is CNC(=O)c1ccc(C(=O)OC[C@H](C)CNC(=O)c2ccc(C(=O)OC)o2)o1. The van der Waals surface area contributed by atoms with Gasteiger partial charge < -0.3 is 28.9 Å². The average molecular weight is 392 g/mol. The van der Waals surface area contributed by atoms with E-state index in [4.69, 9.17) is 13.6 Å². The van der Waals surface area contributed by atoms with Gasteiger partial charge in [-0.1, -0.05) is 6.92 Å². The van der Waals surface area contributed by atoms with Crippen molar-refractivity contribution in [3.05, 3.63) is 47.3 Å². The summed E-state index contributed by atoms with van der Waals surface area (Å²) in [4.78, 5) is 46.7. The van der Waals surface area contributed by atoms with Crippen LogP contribution in [0.5, 0.6) is 0 Å². The zero-order chi connectivity index (χ0) is 20.7. The van der Waals surface area contributed by atoms with Crippen LogP contribution in [0, 0.1) is 5.92 Å². The topological polar surface area (TPSA) is 137 Å². The maximum absolute atomic E-state index is 12.0. The Hall–Kier alpha value is -3.56. The molecule has 0 bridgehead atoms. The minimum atomic E-state index is -0.720. The van der Waals surface area contributed by atoms with Gasteiger partial charge in [-0.05, 0) is 24.3 Å². The predicted molar refractivity (Wildman–Crippen MR) is 93.9 cm³/mol. The Labute approximate surface area is 160 Å². The number of rotatable bonds is 8. The van der Waals surface area contributed by atoms with Crippen LogP contribution in [-0.4, -0.2) is 51.1 Å². The first kappa shape index (κ1) is 20.7. The molecular weight excluding hydrogens is 372 g/mol. The lowest BCUT2D eigenvalue weighted by Crippen LogP contribution is -2.30. The summed E-state index contributed by atoms with van der Waals surface area (Å²) in [5, 5.41) is 4.98. The lowest BCUT2D eigenvalue weighted by atomic mass is 10.2. The van der Waals surface area contributed by atoms with Gasteiger partial charge >= 0.3 is 11.9 Å². The number of carbonyl (C=O) groups is 4. The quantitative estimate of drug-likeness (QED) is 0.640. The van der Waals surface area contributed by atoms with Crippen molar-refractivity contribution in [2.75, 3.05) is 27.3 Å². The number of carbonyl (C=O) groups excluding carboxylic acids is 4. The van der Waals surface area contributed by atoms with Gasteiger partial charge in [0.1, 0.15) is 0 Å². The molecule has 0 aromatic carbocycles. The van der Waals surface area contributed by atoms with Crippen LogP contribution in [0.4, 0.5) is 0 Å². The summed E-state index contributed by atoms with van der Waals surface area (Å²) in [5.41, 5.74) is 0. The normalized spacial score (nSPS) is 11.4. The summed E-state index contributed by atoms with van der Waals surface area (Å²) in [5.74, 6) is -2.81. The van der Waals surface area contributed by atoms with Gasteiger partial charge in [-0.25, -0.2) is 9.59 Å². The second-order valence-corrected chi connectivity index (χ2v) is 5.81. The molecule has 2 aromatic rings. The highest BCUT2D eigenvalue weighted by Crippen LogP contribution is 2.11. The van der Waals surface area contributed by atoms with Gasteiger partial charge in [0, 0.05) is 19.5 Å². The molecule has 28 heavy (non-hydrogen) atoms. The van der Waals surface area contributed by atoms with E-state index < -0.39 is 23.8 Å². The summed E-state index contributed by atoms with van der Waals surface area (Å²) in [7, 11) is 2.65. The van der Waals surface area contributed by atoms with Crippen LogP contribution < -0.4 is 10.6 Å². The maximum atomic E-state index is 12.0. The van der Waals surface area contributed by atoms with Crippen LogP contribution in [0.3, 0.4) is 0 Å². The molecular formula is C18H20N2O8. The molecule has 0 saturated heterocycles. The summed E-state index contributed by atoms with van der Waals surface area (Å²) >= 11 is 0. The van der Waals surface area contributed by atoms with E-state index in [0.717, 1.165) is 0 Å². The first-order valence-corrected chi connectivity index (χ1v) is 8.31. The van der Waals surface area contributed by atoms with Gasteiger partial charge in [0.25, 0.3) is 11.8 Å². The summed E-state index contributed by atoms with van der Waals surface area (Å²) in [6.45, 7) is 1.97. The van der Waals surface area contributed by atoms with Crippen molar-refractivity contribution in [2.45, 2.75) is 6.92 Å². The lowest BCUT2D eigenvalue weighted by molar-refractivity contribution is 0.0411. The molecule has 2 heterocycles. The Morgan fingerprint density at radius 3 is 2.04 bits per heavy atom. The van der Waals surface area contributed by atoms with E-state index in [2.05, 4.69) is 15.4 Å². The smallest absolute Gasteiger partial charge is 0.374 e. The summed E-state index contributed by atoms with van der Waals surface area (Å²) in [6.07, 6.45) is 0. The average Bonchev–Trinajstić information content (AvgIpc) is 3.39. The third kappa shape index (κ3) is 5.22. The largest absolute Gasteiger partial charge is 0.463 e. The Balaban J connectivity index is 1.78. The van der Waals surface area contributed by atoms with E-state index in [0.29, 0.717) is 0 Å². The molecule has 0 spiro atoms. The molecule has 1 atom stereocenters. The molecule has 2 aromatic heterocycles. The highest BCUT2D eigenvalue weighted by atomic mass is 16.5. The van der Waals surface area contributed by atoms with Gasteiger partial charge in [-0.2, -0.15) is 0 Å². The van der Waals surface area contributed by atoms with Crippen LogP contribution in [0.15, 0.2) is 33.1 Å². The van der Waals surface area contributed by atoms with Crippen LogP contribution >= 0.6 is 0 Å². The number of ether oxygens (including phenoxy) is 2. The first-order chi connectivity index (χ1) is 13.3. The number of hydrogen-bond donors (Lipinski definition) is 2. The molecule has 0 unspecified atom stereocenters. The van der Waals surface area contributed by atoms with Crippen molar-refractivity contribution in [3.63, 3.8) is 0 Å². The fourth-order valence-electron chi connectivity index (χ4n) is 2.07. The van der Waals surface area contributed by atoms with Crippen molar-refractivity contribution in [1.29, 1.82) is 0 Å². The van der Waals surface area contributed by atoms with E-state index in [1.807, 2.05) is 0 Å². The van der Waals surface area contributed by atoms with Crippen molar-refractivity contribution < 1.29 is 37.5 Å². The molecule has 0 fully saturated rings. The van der Waals surface area contributed by atoms with Crippen molar-refractivity contribution in [2.24, 2.45) is 5.92 Å². The van der Waals surface area contributed by atoms with E-state index >= 15 is 0 Å². The van der Waals surface area contributed by atoms with E-state index in [1.54, 1.807) is 6.92 Å². The molecule has 2 rings (SSSR count). The molecule has 2 amide bonds. The van der Waals surface area contributed by atoms with Crippen molar-refractivity contribution in [1.82, 2.24) is 10.6 Å². The standard InChI is InChI=1S/C18H20N2O8/c1-10(8-20-16(22)12-5-6-13(28-12)17(23)25-3)9-26-18(24)14-7-4-11(27-14)15(21)19-2/h4-7,10H,8-9H2,1-3H3,(H,19,21)(H,20,22)/t10-/m1/s1. The molecule has 0 radical (unpaired) electrons. The first-order valence-electron chi connectivity index (χ1n) is 8.31. The van der Waals surface area contributed by atoms with Crippen LogP contribution in [0.2, 0.25) is 0 Å². The van der Waals surface area contributed by atoms with Gasteiger partial charge in [0.2, 0.25) is 11.5 Å². The number of hydrogen-bond acceptors (Lipinski definition) is 8. The molecule has 2 N–H and O–H groups in total. The van der Waals surface area contributed by atoms with Crippen LogP contribution in [-0.2, 0) is 9.47 Å². The number of furan rings is 2. The molecule has 0 aliphatic heterocycles. The molecule has 10 nitrogen and oxygen atoms in total. The van der Waals surface area contributed by atoms with Crippen molar-refractivity contribution >= 4 is 23.8 Å². The number of nitrogens with one attached hydrogen (secondary N) is 2. The fraction of sp³-hybridized carbons (Fsp3) is 0.333. The number of methoxy groups -OCH3 is 1. The number of amides is 2. The zero-order valence-corrected chi connectivity index (χ0v) is 15.6. The molecule has 0 aliphatic carbocycles. The second kappa shape index (κ2) is 9.40. The molecule has 10 heteroatoms. The minimum absolute atomic E-state index is 0.000432. The summed E-state index contributed by atoms with van der Waals surface area (Å²) in [6, 6.07) is 5.40. The Morgan fingerprint density at radius 1 is 0.929 bits per heavy atom. The van der Waals surface area contributed by atoms with E-state index in [1.165, 1.54) is 38.4 Å². The van der Waals surface area contributed by atoms with Crippen molar-refractivity contribution in [3.8, 4) is 0 Å². The summed E-state index contributed by atoms with van der Waals surface area (Å²) < 4.78 is 19.8. The molecule has 150 valence electrons. The molecule has 0 saturated carbocycles. The third-order valence-electron chi connectivity index (χ3n) is 3.58. The van der Waals surface area contributed by atoms with Gasteiger partial charge in [0.15, 0.2) is 11.5 Å². The van der Waals surface area contributed by atoms with Gasteiger partial charge in [-0.3, -0.25) is 9.59 Å². The highest BCUT2D eigenvalue weighted by Gasteiger charge is 2.19. The lowest BCUT2D eigenvalue weighted by Gasteiger charge is -2.12. The van der Waals surface area contributed by atoms with Crippen LogP contribution in [0.1, 0.15) is 49.1 Å². The highest BCUT2D eigenvalue weighted by molar-refractivity contribution is 5.94. The monoisotopic (exact) mass is 392 g/mol. The van der Waals surface area contributed by atoms with Gasteiger partial charge in [-0.15, -0.1) is 0 Å². The van der Waals surface area contributed by atoms with Gasteiger partial charge in [0.05, 0.1) is 13.7 Å². The predicted octanol–water partition coefficient (Wildman–Crippen LogP) is 1.24. The fourth-order valence-corrected chi connectivity index (χ4v) is 2.07. The zero-order valence-electron chi connectivity index (χ0n) is 15.6. The van der Waals surface area contributed by atoms with E-state index in [9.17, 15) is 19.2 Å². The van der Waals surface area contributed by atoms with E-state index in [-0.39, 0.29) is 42.1 Å². The number of esters is 2. The molecule has 0 aliphatic rings. The Kier molecular flexibility index (Phi) is 6.96. The maximum Gasteiger partial charge on any atom is 0.374 e. The minimum Gasteiger partial charge on any atom is -0.463 e. The third-order valence-corrected chi connectivity index (χ3v) is 3.58. The Morgan fingerprint density at radius 2 is 1.46 bits per heavy atom. The van der Waals surface area contributed by atoms with Crippen LogP contribution in [0.25, 0.3) is 0 Å². The second-order valence-electron chi connectivity index (χ2n) is 5.81.